The zero-order chi connectivity index (χ0) is 17.6. The lowest BCUT2D eigenvalue weighted by Crippen LogP contribution is -2.37. The van der Waals surface area contributed by atoms with Crippen molar-refractivity contribution in [3.8, 4) is 5.75 Å². The Labute approximate surface area is 134 Å². The largest absolute Gasteiger partial charge is 0.507 e. The van der Waals surface area contributed by atoms with Gasteiger partial charge in [0.1, 0.15) is 17.2 Å². The van der Waals surface area contributed by atoms with Crippen molar-refractivity contribution in [3.63, 3.8) is 0 Å². The number of fused-ring (bicyclic) bond motifs is 1. The lowest BCUT2D eigenvalue weighted by Gasteiger charge is -2.08. The molecule has 0 spiro atoms. The number of ketones is 1. The number of phenolic OH excluding ortho intramolecular Hbond substituents is 1. The van der Waals surface area contributed by atoms with Gasteiger partial charge in [-0.1, -0.05) is 0 Å². The second-order valence-corrected chi connectivity index (χ2v) is 5.29. The van der Waals surface area contributed by atoms with E-state index < -0.39 is 22.8 Å². The summed E-state index contributed by atoms with van der Waals surface area (Å²) in [4.78, 5) is 40.6. The zero-order valence-electron chi connectivity index (χ0n) is 12.8. The molecule has 3 aromatic rings. The number of aromatic hydroxyl groups is 1. The number of benzene rings is 1. The average Bonchev–Trinajstić information content (AvgIpc) is 2.59. The first-order valence-electron chi connectivity index (χ1n) is 6.90. The van der Waals surface area contributed by atoms with Gasteiger partial charge in [0.15, 0.2) is 5.78 Å². The second kappa shape index (κ2) is 5.41. The summed E-state index contributed by atoms with van der Waals surface area (Å²) in [5.74, 6) is -1.74. The van der Waals surface area contributed by atoms with Crippen molar-refractivity contribution in [1.29, 1.82) is 0 Å². The van der Waals surface area contributed by atoms with Gasteiger partial charge in [0.25, 0.3) is 5.56 Å². The van der Waals surface area contributed by atoms with Crippen molar-refractivity contribution in [3.05, 3.63) is 68.2 Å². The molecule has 3 rings (SSSR count). The summed E-state index contributed by atoms with van der Waals surface area (Å²) >= 11 is 0. The van der Waals surface area contributed by atoms with Crippen LogP contribution in [-0.4, -0.2) is 25.0 Å². The normalized spacial score (nSPS) is 11.0. The molecule has 0 fully saturated rings. The van der Waals surface area contributed by atoms with Gasteiger partial charge in [-0.25, -0.2) is 14.2 Å². The molecule has 0 aliphatic heterocycles. The molecule has 0 unspecified atom stereocenters. The summed E-state index contributed by atoms with van der Waals surface area (Å²) in [6.07, 6.45) is 1.17. The van der Waals surface area contributed by atoms with Crippen LogP contribution in [-0.2, 0) is 14.1 Å². The van der Waals surface area contributed by atoms with Crippen molar-refractivity contribution in [2.24, 2.45) is 14.1 Å². The fourth-order valence-corrected chi connectivity index (χ4v) is 2.44. The summed E-state index contributed by atoms with van der Waals surface area (Å²) in [5.41, 5.74) is -1.25. The van der Waals surface area contributed by atoms with Gasteiger partial charge in [-0.15, -0.1) is 0 Å². The van der Waals surface area contributed by atoms with Crippen LogP contribution in [0.2, 0.25) is 0 Å². The number of carbonyl (C=O) groups is 1. The number of phenols is 1. The number of nitrogens with zero attached hydrogens (tertiary/aromatic N) is 3. The number of halogens is 1. The van der Waals surface area contributed by atoms with Crippen LogP contribution in [0.3, 0.4) is 0 Å². The summed E-state index contributed by atoms with van der Waals surface area (Å²) in [5, 5.41) is 9.81. The predicted molar refractivity (Wildman–Crippen MR) is 83.7 cm³/mol. The SMILES string of the molecule is Cn1c(=O)c2cc(C(=O)c3cc(F)ccc3O)cnc2n(C)c1=O. The van der Waals surface area contributed by atoms with Crippen LogP contribution in [0.15, 0.2) is 40.1 Å². The molecule has 0 bridgehead atoms. The van der Waals surface area contributed by atoms with Gasteiger partial charge >= 0.3 is 5.69 Å². The average molecular weight is 329 g/mol. The number of carbonyl (C=O) groups excluding carboxylic acids is 1. The highest BCUT2D eigenvalue weighted by molar-refractivity contribution is 6.11. The number of hydrogen-bond acceptors (Lipinski definition) is 5. The lowest BCUT2D eigenvalue weighted by molar-refractivity contribution is 0.103. The van der Waals surface area contributed by atoms with E-state index in [4.69, 9.17) is 0 Å². The Bertz CT molecular complexity index is 1110. The maximum absolute atomic E-state index is 13.3. The quantitative estimate of drug-likeness (QED) is 0.699. The van der Waals surface area contributed by atoms with Crippen LogP contribution in [0.4, 0.5) is 4.39 Å². The van der Waals surface area contributed by atoms with Crippen molar-refractivity contribution in [2.45, 2.75) is 0 Å². The van der Waals surface area contributed by atoms with Crippen molar-refractivity contribution in [1.82, 2.24) is 14.1 Å². The van der Waals surface area contributed by atoms with E-state index in [1.165, 1.54) is 30.9 Å². The fraction of sp³-hybridized carbons (Fsp3) is 0.125. The zero-order valence-corrected chi connectivity index (χ0v) is 12.8. The van der Waals surface area contributed by atoms with Crippen molar-refractivity contribution in [2.75, 3.05) is 0 Å². The Hall–Kier alpha value is -3.29. The van der Waals surface area contributed by atoms with E-state index in [1.807, 2.05) is 0 Å². The molecule has 2 heterocycles. The third-order valence-electron chi connectivity index (χ3n) is 3.76. The minimum atomic E-state index is -0.683. The second-order valence-electron chi connectivity index (χ2n) is 5.29. The van der Waals surface area contributed by atoms with E-state index in [0.717, 1.165) is 22.8 Å². The molecule has 0 radical (unpaired) electrons. The molecule has 0 aliphatic carbocycles. The predicted octanol–water partition coefficient (Wildman–Crippen LogP) is 0.708. The fourth-order valence-electron chi connectivity index (χ4n) is 2.44. The summed E-state index contributed by atoms with van der Waals surface area (Å²) in [6.45, 7) is 0. The van der Waals surface area contributed by atoms with E-state index in [-0.39, 0.29) is 27.9 Å². The van der Waals surface area contributed by atoms with Gasteiger partial charge in [-0.05, 0) is 24.3 Å². The standard InChI is InChI=1S/C16H12FN3O4/c1-19-14-11(15(23)20(2)16(19)24)5-8(7-18-14)13(22)10-6-9(17)3-4-12(10)21/h3-7,21H,1-2H3. The molecule has 0 atom stereocenters. The number of aromatic nitrogens is 3. The number of aryl methyl sites for hydroxylation is 1. The topological polar surface area (TPSA) is 94.2 Å². The molecule has 0 saturated carbocycles. The van der Waals surface area contributed by atoms with E-state index >= 15 is 0 Å². The number of hydrogen-bond donors (Lipinski definition) is 1. The number of pyridine rings is 1. The first-order valence-corrected chi connectivity index (χ1v) is 6.90. The minimum Gasteiger partial charge on any atom is -0.507 e. The molecular weight excluding hydrogens is 317 g/mol. The van der Waals surface area contributed by atoms with E-state index in [9.17, 15) is 23.9 Å². The molecule has 0 aliphatic rings. The van der Waals surface area contributed by atoms with Gasteiger partial charge in [0.2, 0.25) is 0 Å². The van der Waals surface area contributed by atoms with Crippen LogP contribution < -0.4 is 11.2 Å². The van der Waals surface area contributed by atoms with Crippen LogP contribution in [0.5, 0.6) is 5.75 Å². The molecule has 1 N–H and O–H groups in total. The highest BCUT2D eigenvalue weighted by Gasteiger charge is 2.18. The summed E-state index contributed by atoms with van der Waals surface area (Å²) in [6, 6.07) is 4.27. The Morgan fingerprint density at radius 1 is 1.17 bits per heavy atom. The lowest BCUT2D eigenvalue weighted by atomic mass is 10.0. The van der Waals surface area contributed by atoms with Crippen LogP contribution in [0.1, 0.15) is 15.9 Å². The van der Waals surface area contributed by atoms with E-state index in [0.29, 0.717) is 0 Å². The molecule has 1 aromatic carbocycles. The van der Waals surface area contributed by atoms with Gasteiger partial charge in [-0.2, -0.15) is 0 Å². The first-order chi connectivity index (χ1) is 11.3. The maximum Gasteiger partial charge on any atom is 0.332 e. The third kappa shape index (κ3) is 2.28. The summed E-state index contributed by atoms with van der Waals surface area (Å²) < 4.78 is 15.4. The third-order valence-corrected chi connectivity index (χ3v) is 3.76. The molecule has 24 heavy (non-hydrogen) atoms. The Morgan fingerprint density at radius 2 is 1.88 bits per heavy atom. The molecule has 122 valence electrons. The van der Waals surface area contributed by atoms with Gasteiger partial charge in [0, 0.05) is 25.9 Å². The molecule has 0 saturated heterocycles. The molecular formula is C16H12FN3O4. The molecule has 0 amide bonds. The monoisotopic (exact) mass is 329 g/mol. The number of rotatable bonds is 2. The van der Waals surface area contributed by atoms with Gasteiger partial charge < -0.3 is 5.11 Å². The molecule has 2 aromatic heterocycles. The highest BCUT2D eigenvalue weighted by atomic mass is 19.1. The van der Waals surface area contributed by atoms with Crippen molar-refractivity contribution >= 4 is 16.8 Å². The van der Waals surface area contributed by atoms with Gasteiger partial charge in [0.05, 0.1) is 10.9 Å². The van der Waals surface area contributed by atoms with Crippen molar-refractivity contribution < 1.29 is 14.3 Å². The minimum absolute atomic E-state index is 0.000788. The summed E-state index contributed by atoms with van der Waals surface area (Å²) in [7, 11) is 2.77. The van der Waals surface area contributed by atoms with E-state index in [1.54, 1.807) is 0 Å². The molecule has 7 nitrogen and oxygen atoms in total. The highest BCUT2D eigenvalue weighted by Crippen LogP contribution is 2.22. The Kier molecular flexibility index (Phi) is 3.52. The molecule has 8 heteroatoms. The smallest absolute Gasteiger partial charge is 0.332 e. The maximum atomic E-state index is 13.3. The van der Waals surface area contributed by atoms with Crippen LogP contribution >= 0.6 is 0 Å². The van der Waals surface area contributed by atoms with E-state index in [2.05, 4.69) is 4.98 Å². The Balaban J connectivity index is 2.25. The van der Waals surface area contributed by atoms with Crippen LogP contribution in [0, 0.1) is 5.82 Å². The Morgan fingerprint density at radius 3 is 2.58 bits per heavy atom. The first kappa shape index (κ1) is 15.6. The van der Waals surface area contributed by atoms with Gasteiger partial charge in [-0.3, -0.25) is 18.7 Å². The van der Waals surface area contributed by atoms with Crippen LogP contribution in [0.25, 0.3) is 11.0 Å².